The van der Waals surface area contributed by atoms with Gasteiger partial charge in [0.25, 0.3) is 5.91 Å². The summed E-state index contributed by atoms with van der Waals surface area (Å²) in [5, 5.41) is 8.64. The monoisotopic (exact) mass is 130 g/mol. The quantitative estimate of drug-likeness (QED) is 0.347. The molecule has 0 bridgehead atoms. The molecule has 0 aromatic rings. The van der Waals surface area contributed by atoms with E-state index in [1.807, 2.05) is 0 Å². The Morgan fingerprint density at radius 2 is 2.11 bits per heavy atom. The smallest absolute Gasteiger partial charge is 0.316 e. The molecule has 3 amide bonds. The Labute approximate surface area is 51.4 Å². The number of hydrogen-bond acceptors (Lipinski definition) is 3. The minimum absolute atomic E-state index is 0.0324. The number of likely N-dealkylation sites (N-methyl/N-ethyl adjacent to an activating group) is 1. The summed E-state index contributed by atoms with van der Waals surface area (Å²) in [6, 6.07) is -0.667. The minimum Gasteiger partial charge on any atom is -0.316 e. The van der Waals surface area contributed by atoms with Crippen molar-refractivity contribution in [3.05, 3.63) is 0 Å². The molecule has 1 fully saturated rings. The Hall–Kier alpha value is -1.10. The molecule has 1 aliphatic heterocycles. The van der Waals surface area contributed by atoms with Crippen molar-refractivity contribution >= 4 is 11.9 Å². The Morgan fingerprint density at radius 3 is 2.22 bits per heavy atom. The average molecular weight is 130 g/mol. The molecule has 0 aliphatic carbocycles. The third-order valence-electron chi connectivity index (χ3n) is 1.12. The van der Waals surface area contributed by atoms with E-state index >= 15 is 0 Å². The molecule has 0 unspecified atom stereocenters. The lowest BCUT2D eigenvalue weighted by Crippen LogP contribution is -2.27. The van der Waals surface area contributed by atoms with Crippen LogP contribution in [0, 0.1) is 0 Å². The number of rotatable bonds is 0. The highest BCUT2D eigenvalue weighted by Crippen LogP contribution is 2.02. The van der Waals surface area contributed by atoms with Crippen LogP contribution in [0.4, 0.5) is 4.79 Å². The zero-order chi connectivity index (χ0) is 7.02. The van der Waals surface area contributed by atoms with Gasteiger partial charge in [-0.3, -0.25) is 10.0 Å². The van der Waals surface area contributed by atoms with E-state index in [0.29, 0.717) is 0 Å². The summed E-state index contributed by atoms with van der Waals surface area (Å²) in [5.74, 6) is -0.581. The number of amides is 3. The molecule has 50 valence electrons. The maximum Gasteiger partial charge on any atom is 0.351 e. The van der Waals surface area contributed by atoms with E-state index in [1.165, 1.54) is 7.05 Å². The topological polar surface area (TPSA) is 60.9 Å². The van der Waals surface area contributed by atoms with Gasteiger partial charge in [-0.05, 0) is 0 Å². The van der Waals surface area contributed by atoms with Crippen LogP contribution in [0.2, 0.25) is 0 Å². The molecular formula is C4H6N2O3. The van der Waals surface area contributed by atoms with Gasteiger partial charge in [-0.25, -0.2) is 4.79 Å². The summed E-state index contributed by atoms with van der Waals surface area (Å²) in [4.78, 5) is 22.0. The molecule has 5 nitrogen and oxygen atoms in total. The van der Waals surface area contributed by atoms with Crippen molar-refractivity contribution in [3.8, 4) is 0 Å². The molecule has 0 spiro atoms. The van der Waals surface area contributed by atoms with Crippen LogP contribution in [0.15, 0.2) is 0 Å². The van der Waals surface area contributed by atoms with Crippen LogP contribution in [-0.4, -0.2) is 40.7 Å². The summed E-state index contributed by atoms with van der Waals surface area (Å²) in [6.45, 7) is -0.0324. The van der Waals surface area contributed by atoms with Crippen molar-refractivity contribution in [3.63, 3.8) is 0 Å². The van der Waals surface area contributed by atoms with Crippen LogP contribution in [0.25, 0.3) is 0 Å². The molecule has 5 heteroatoms. The molecule has 1 rings (SSSR count). The Kier molecular flexibility index (Phi) is 1.14. The van der Waals surface area contributed by atoms with Gasteiger partial charge >= 0.3 is 6.03 Å². The SMILES string of the molecule is CN1CC(=O)N(O)C1=O. The zero-order valence-electron chi connectivity index (χ0n) is 4.87. The molecule has 1 heterocycles. The Balaban J connectivity index is 2.77. The van der Waals surface area contributed by atoms with Gasteiger partial charge in [-0.2, -0.15) is 0 Å². The largest absolute Gasteiger partial charge is 0.351 e. The van der Waals surface area contributed by atoms with Crippen molar-refractivity contribution in [1.29, 1.82) is 0 Å². The fourth-order valence-corrected chi connectivity index (χ4v) is 0.606. The fraction of sp³-hybridized carbons (Fsp3) is 0.500. The lowest BCUT2D eigenvalue weighted by atomic mass is 10.6. The summed E-state index contributed by atoms with van der Waals surface area (Å²) in [5.41, 5.74) is 0. The van der Waals surface area contributed by atoms with Crippen LogP contribution >= 0.6 is 0 Å². The van der Waals surface area contributed by atoms with E-state index < -0.39 is 11.9 Å². The van der Waals surface area contributed by atoms with Gasteiger partial charge in [0.1, 0.15) is 6.54 Å². The number of carbonyl (C=O) groups excluding carboxylic acids is 2. The zero-order valence-corrected chi connectivity index (χ0v) is 4.87. The number of carbonyl (C=O) groups is 2. The van der Waals surface area contributed by atoms with Crippen molar-refractivity contribution in [2.75, 3.05) is 13.6 Å². The number of imide groups is 1. The van der Waals surface area contributed by atoms with E-state index in [4.69, 9.17) is 5.21 Å². The van der Waals surface area contributed by atoms with Gasteiger partial charge in [0.2, 0.25) is 0 Å². The van der Waals surface area contributed by atoms with Crippen LogP contribution in [0.3, 0.4) is 0 Å². The predicted octanol–water partition coefficient (Wildman–Crippen LogP) is -0.730. The van der Waals surface area contributed by atoms with E-state index in [9.17, 15) is 9.59 Å². The fourth-order valence-electron chi connectivity index (χ4n) is 0.606. The molecule has 0 saturated carbocycles. The van der Waals surface area contributed by atoms with Crippen molar-refractivity contribution < 1.29 is 14.8 Å². The van der Waals surface area contributed by atoms with E-state index in [1.54, 1.807) is 0 Å². The van der Waals surface area contributed by atoms with Gasteiger partial charge in [-0.15, -0.1) is 5.06 Å². The number of hydrogen-bond donors (Lipinski definition) is 1. The Bertz CT molecular complexity index is 167. The molecule has 0 atom stereocenters. The number of nitrogens with zero attached hydrogens (tertiary/aromatic N) is 2. The molecular weight excluding hydrogens is 124 g/mol. The lowest BCUT2D eigenvalue weighted by molar-refractivity contribution is -0.146. The minimum atomic E-state index is -0.667. The van der Waals surface area contributed by atoms with Gasteiger partial charge in [0, 0.05) is 7.05 Å². The molecule has 0 radical (unpaired) electrons. The first kappa shape index (κ1) is 6.03. The molecule has 1 N–H and O–H groups in total. The first-order valence-electron chi connectivity index (χ1n) is 2.40. The normalized spacial score (nSPS) is 19.8. The second-order valence-corrected chi connectivity index (χ2v) is 1.84. The molecule has 9 heavy (non-hydrogen) atoms. The third-order valence-corrected chi connectivity index (χ3v) is 1.12. The van der Waals surface area contributed by atoms with Crippen molar-refractivity contribution in [1.82, 2.24) is 9.96 Å². The standard InChI is InChI=1S/C4H6N2O3/c1-5-2-3(7)6(9)4(5)8/h9H,2H2,1H3. The van der Waals surface area contributed by atoms with Gasteiger partial charge in [-0.1, -0.05) is 0 Å². The van der Waals surface area contributed by atoms with Gasteiger partial charge < -0.3 is 4.90 Å². The van der Waals surface area contributed by atoms with Crippen molar-refractivity contribution in [2.45, 2.75) is 0 Å². The summed E-state index contributed by atoms with van der Waals surface area (Å²) < 4.78 is 0. The Morgan fingerprint density at radius 1 is 1.56 bits per heavy atom. The van der Waals surface area contributed by atoms with E-state index in [0.717, 1.165) is 4.90 Å². The molecule has 0 aromatic heterocycles. The maximum absolute atomic E-state index is 10.5. The van der Waals surface area contributed by atoms with Gasteiger partial charge in [0.05, 0.1) is 0 Å². The van der Waals surface area contributed by atoms with Crippen LogP contribution < -0.4 is 0 Å². The second-order valence-electron chi connectivity index (χ2n) is 1.84. The second kappa shape index (κ2) is 1.70. The van der Waals surface area contributed by atoms with Crippen molar-refractivity contribution in [2.24, 2.45) is 0 Å². The summed E-state index contributed by atoms with van der Waals surface area (Å²) >= 11 is 0. The number of hydroxylamine groups is 2. The highest BCUT2D eigenvalue weighted by molar-refractivity contribution is 6.00. The van der Waals surface area contributed by atoms with Crippen LogP contribution in [0.1, 0.15) is 0 Å². The van der Waals surface area contributed by atoms with Crippen LogP contribution in [0.5, 0.6) is 0 Å². The summed E-state index contributed by atoms with van der Waals surface area (Å²) in [6.07, 6.45) is 0. The van der Waals surface area contributed by atoms with E-state index in [2.05, 4.69) is 0 Å². The van der Waals surface area contributed by atoms with E-state index in [-0.39, 0.29) is 11.6 Å². The first-order valence-corrected chi connectivity index (χ1v) is 2.40. The third kappa shape index (κ3) is 0.746. The summed E-state index contributed by atoms with van der Waals surface area (Å²) in [7, 11) is 1.44. The predicted molar refractivity (Wildman–Crippen MR) is 26.7 cm³/mol. The highest BCUT2D eigenvalue weighted by atomic mass is 16.5. The highest BCUT2D eigenvalue weighted by Gasteiger charge is 2.32. The average Bonchev–Trinajstić information content (AvgIpc) is 1.98. The number of urea groups is 1. The molecule has 1 aliphatic rings. The molecule has 1 saturated heterocycles. The lowest BCUT2D eigenvalue weighted by Gasteiger charge is -2.03. The molecule has 0 aromatic carbocycles. The maximum atomic E-state index is 10.5. The first-order chi connectivity index (χ1) is 4.13. The van der Waals surface area contributed by atoms with Gasteiger partial charge in [0.15, 0.2) is 0 Å². The van der Waals surface area contributed by atoms with Crippen LogP contribution in [-0.2, 0) is 4.79 Å².